The Labute approximate surface area is 200 Å². The van der Waals surface area contributed by atoms with Crippen LogP contribution >= 0.6 is 0 Å². The highest BCUT2D eigenvalue weighted by Gasteiger charge is 2.31. The molecule has 1 aromatic carbocycles. The van der Waals surface area contributed by atoms with E-state index in [4.69, 9.17) is 9.47 Å². The fraction of sp³-hybridized carbons (Fsp3) is 0.704. The third-order valence-corrected chi connectivity index (χ3v) is 6.33. The van der Waals surface area contributed by atoms with Gasteiger partial charge >= 0.3 is 5.97 Å². The number of hydrogen-bond donors (Lipinski definition) is 1. The van der Waals surface area contributed by atoms with Crippen molar-refractivity contribution in [3.8, 4) is 5.75 Å². The van der Waals surface area contributed by atoms with Crippen molar-refractivity contribution in [3.05, 3.63) is 24.3 Å². The minimum atomic E-state index is -0.345. The molecule has 6 nitrogen and oxygen atoms in total. The zero-order chi connectivity index (χ0) is 23.7. The molecule has 1 unspecified atom stereocenters. The van der Waals surface area contributed by atoms with Gasteiger partial charge in [0.05, 0.1) is 25.3 Å². The van der Waals surface area contributed by atoms with Gasteiger partial charge in [0.1, 0.15) is 12.4 Å². The first kappa shape index (κ1) is 27.0. The van der Waals surface area contributed by atoms with E-state index in [0.29, 0.717) is 13.0 Å². The van der Waals surface area contributed by atoms with Crippen molar-refractivity contribution in [1.82, 2.24) is 5.43 Å². The average Bonchev–Trinajstić information content (AvgIpc) is 3.21. The van der Waals surface area contributed by atoms with Crippen molar-refractivity contribution in [1.29, 1.82) is 0 Å². The first-order chi connectivity index (χ1) is 16.1. The number of carbonyl (C=O) groups is 2. The molecule has 186 valence electrons. The molecule has 1 saturated heterocycles. The van der Waals surface area contributed by atoms with E-state index in [1.807, 2.05) is 24.3 Å². The molecule has 0 aromatic heterocycles. The van der Waals surface area contributed by atoms with E-state index in [0.717, 1.165) is 24.3 Å². The summed E-state index contributed by atoms with van der Waals surface area (Å²) in [5.41, 5.74) is 3.72. The molecule has 33 heavy (non-hydrogen) atoms. The van der Waals surface area contributed by atoms with Crippen molar-refractivity contribution in [2.45, 2.75) is 96.8 Å². The number of esters is 1. The van der Waals surface area contributed by atoms with Gasteiger partial charge in [0.25, 0.3) is 0 Å². The van der Waals surface area contributed by atoms with Crippen molar-refractivity contribution in [2.75, 3.05) is 25.3 Å². The van der Waals surface area contributed by atoms with Gasteiger partial charge in [-0.05, 0) is 30.7 Å². The predicted molar refractivity (Wildman–Crippen MR) is 133 cm³/mol. The summed E-state index contributed by atoms with van der Waals surface area (Å²) in [6.07, 6.45) is 17.1. The quantitative estimate of drug-likeness (QED) is 0.209. The molecule has 1 aliphatic rings. The molecule has 1 aromatic rings. The minimum Gasteiger partial charge on any atom is -0.497 e. The van der Waals surface area contributed by atoms with Gasteiger partial charge in [-0.3, -0.25) is 20.0 Å². The zero-order valence-corrected chi connectivity index (χ0v) is 20.8. The maximum Gasteiger partial charge on any atom is 0.305 e. The van der Waals surface area contributed by atoms with E-state index in [-0.39, 0.29) is 24.4 Å². The number of benzene rings is 1. The fourth-order valence-corrected chi connectivity index (χ4v) is 4.19. The number of amides is 1. The molecule has 1 amide bonds. The number of ether oxygens (including phenoxy) is 2. The summed E-state index contributed by atoms with van der Waals surface area (Å²) in [6, 6.07) is 7.49. The van der Waals surface area contributed by atoms with Crippen molar-refractivity contribution in [3.63, 3.8) is 0 Å². The highest BCUT2D eigenvalue weighted by molar-refractivity contribution is 5.84. The summed E-state index contributed by atoms with van der Waals surface area (Å²) in [6.45, 7) is 2.88. The SMILES string of the molecule is CCCCCCCCCCCCCCCC(=O)OCC1CN(c2ccc(OC)cc2)NC1=O. The Morgan fingerprint density at radius 1 is 0.909 bits per heavy atom. The van der Waals surface area contributed by atoms with E-state index in [9.17, 15) is 9.59 Å². The Balaban J connectivity index is 1.45. The van der Waals surface area contributed by atoms with Crippen molar-refractivity contribution < 1.29 is 19.1 Å². The number of nitrogens with one attached hydrogen (secondary N) is 1. The average molecular weight is 461 g/mol. The first-order valence-electron chi connectivity index (χ1n) is 13.0. The van der Waals surface area contributed by atoms with Gasteiger partial charge in [-0.2, -0.15) is 0 Å². The smallest absolute Gasteiger partial charge is 0.305 e. The Bertz CT molecular complexity index is 677. The van der Waals surface area contributed by atoms with Gasteiger partial charge < -0.3 is 9.47 Å². The maximum absolute atomic E-state index is 12.2. The highest BCUT2D eigenvalue weighted by atomic mass is 16.5. The molecule has 1 aliphatic heterocycles. The van der Waals surface area contributed by atoms with Crippen molar-refractivity contribution in [2.24, 2.45) is 5.92 Å². The lowest BCUT2D eigenvalue weighted by Gasteiger charge is -2.17. The van der Waals surface area contributed by atoms with E-state index < -0.39 is 0 Å². The summed E-state index contributed by atoms with van der Waals surface area (Å²) < 4.78 is 10.5. The zero-order valence-electron chi connectivity index (χ0n) is 20.8. The minimum absolute atomic E-state index is 0.112. The Morgan fingerprint density at radius 2 is 1.45 bits per heavy atom. The van der Waals surface area contributed by atoms with E-state index in [2.05, 4.69) is 12.3 Å². The summed E-state index contributed by atoms with van der Waals surface area (Å²) in [5, 5.41) is 1.78. The number of nitrogens with zero attached hydrogens (tertiary/aromatic N) is 1. The first-order valence-corrected chi connectivity index (χ1v) is 13.0. The molecule has 1 atom stereocenters. The van der Waals surface area contributed by atoms with Gasteiger partial charge in [0.2, 0.25) is 5.91 Å². The van der Waals surface area contributed by atoms with Gasteiger partial charge in [0.15, 0.2) is 0 Å². The molecule has 1 heterocycles. The molecule has 0 saturated carbocycles. The third kappa shape index (κ3) is 11.0. The summed E-state index contributed by atoms with van der Waals surface area (Å²) >= 11 is 0. The standard InChI is InChI=1S/C27H44N2O4/c1-3-4-5-6-7-8-9-10-11-12-13-14-15-16-26(30)33-22-23-21-29(28-27(23)31)24-17-19-25(32-2)20-18-24/h17-20,23H,3-16,21-22H2,1-2H3,(H,28,31). The molecule has 6 heteroatoms. The predicted octanol–water partition coefficient (Wildman–Crippen LogP) is 6.19. The number of rotatable bonds is 18. The number of hydrogen-bond acceptors (Lipinski definition) is 5. The number of carbonyl (C=O) groups excluding carboxylic acids is 2. The van der Waals surface area contributed by atoms with Crippen LogP contribution in [0.5, 0.6) is 5.75 Å². The van der Waals surface area contributed by atoms with E-state index >= 15 is 0 Å². The van der Waals surface area contributed by atoms with E-state index in [1.54, 1.807) is 12.1 Å². The molecular formula is C27H44N2O4. The molecule has 0 spiro atoms. The van der Waals surface area contributed by atoms with Crippen LogP contribution in [0.25, 0.3) is 0 Å². The Hall–Kier alpha value is -2.24. The van der Waals surface area contributed by atoms with E-state index in [1.165, 1.54) is 70.6 Å². The third-order valence-electron chi connectivity index (χ3n) is 6.33. The lowest BCUT2D eigenvalue weighted by Crippen LogP contribution is -2.32. The molecular weight excluding hydrogens is 416 g/mol. The number of anilines is 1. The molecule has 1 fully saturated rings. The lowest BCUT2D eigenvalue weighted by atomic mass is 10.0. The second-order valence-corrected chi connectivity index (χ2v) is 9.16. The molecule has 0 radical (unpaired) electrons. The molecule has 0 aliphatic carbocycles. The monoisotopic (exact) mass is 460 g/mol. The van der Waals surface area contributed by atoms with Crippen LogP contribution in [0.15, 0.2) is 24.3 Å². The van der Waals surface area contributed by atoms with Crippen LogP contribution < -0.4 is 15.2 Å². The van der Waals surface area contributed by atoms with Crippen molar-refractivity contribution >= 4 is 17.6 Å². The maximum atomic E-state index is 12.2. The van der Waals surface area contributed by atoms with Gasteiger partial charge in [-0.15, -0.1) is 0 Å². The van der Waals surface area contributed by atoms with Crippen LogP contribution in [0.2, 0.25) is 0 Å². The Kier molecular flexibility index (Phi) is 13.4. The number of hydrazine groups is 1. The van der Waals surface area contributed by atoms with Crippen LogP contribution in [0.1, 0.15) is 96.8 Å². The highest BCUT2D eigenvalue weighted by Crippen LogP contribution is 2.22. The lowest BCUT2D eigenvalue weighted by molar-refractivity contribution is -0.145. The molecule has 2 rings (SSSR count). The van der Waals surface area contributed by atoms with Crippen LogP contribution in [0.4, 0.5) is 5.69 Å². The van der Waals surface area contributed by atoms with Crippen LogP contribution in [0, 0.1) is 5.92 Å². The fourth-order valence-electron chi connectivity index (χ4n) is 4.19. The summed E-state index contributed by atoms with van der Waals surface area (Å²) in [7, 11) is 1.62. The number of unbranched alkanes of at least 4 members (excludes halogenated alkanes) is 12. The normalized spacial score (nSPS) is 15.5. The Morgan fingerprint density at radius 3 is 2.00 bits per heavy atom. The molecule has 1 N–H and O–H groups in total. The van der Waals surface area contributed by atoms with Crippen LogP contribution in [-0.2, 0) is 14.3 Å². The summed E-state index contributed by atoms with van der Waals surface area (Å²) in [4.78, 5) is 24.3. The second kappa shape index (κ2) is 16.4. The number of methoxy groups -OCH3 is 1. The topological polar surface area (TPSA) is 67.9 Å². The largest absolute Gasteiger partial charge is 0.497 e. The van der Waals surface area contributed by atoms with Crippen LogP contribution in [-0.4, -0.2) is 32.1 Å². The second-order valence-electron chi connectivity index (χ2n) is 9.16. The summed E-state index contributed by atoms with van der Waals surface area (Å²) in [5.74, 6) is 0.110. The van der Waals surface area contributed by atoms with Gasteiger partial charge in [0, 0.05) is 6.42 Å². The van der Waals surface area contributed by atoms with Crippen LogP contribution in [0.3, 0.4) is 0 Å². The molecule has 0 bridgehead atoms. The van der Waals surface area contributed by atoms with Gasteiger partial charge in [-0.25, -0.2) is 0 Å². The van der Waals surface area contributed by atoms with Gasteiger partial charge in [-0.1, -0.05) is 84.0 Å².